The van der Waals surface area contributed by atoms with Crippen LogP contribution < -0.4 is 10.0 Å². The molecule has 120 valence electrons. The molecule has 0 aliphatic carbocycles. The van der Waals surface area contributed by atoms with Gasteiger partial charge in [0.2, 0.25) is 10.0 Å². The quantitative estimate of drug-likeness (QED) is 0.794. The highest BCUT2D eigenvalue weighted by Crippen LogP contribution is 2.20. The van der Waals surface area contributed by atoms with E-state index in [2.05, 4.69) is 20.2 Å². The summed E-state index contributed by atoms with van der Waals surface area (Å²) in [5.41, 5.74) is 0.686. The number of likely N-dealkylation sites (N-methyl/N-ethyl adjacent to an activating group) is 1. The summed E-state index contributed by atoms with van der Waals surface area (Å²) in [6.45, 7) is 4.11. The van der Waals surface area contributed by atoms with Crippen LogP contribution in [-0.4, -0.2) is 38.2 Å². The van der Waals surface area contributed by atoms with Crippen molar-refractivity contribution in [3.05, 3.63) is 30.1 Å². The fourth-order valence-electron chi connectivity index (χ4n) is 1.88. The van der Waals surface area contributed by atoms with Crippen molar-refractivity contribution in [2.24, 2.45) is 0 Å². The Morgan fingerprint density at radius 3 is 2.55 bits per heavy atom. The van der Waals surface area contributed by atoms with E-state index in [0.29, 0.717) is 30.2 Å². The van der Waals surface area contributed by atoms with Gasteiger partial charge in [0, 0.05) is 24.6 Å². The maximum atomic E-state index is 11.9. The Labute approximate surface area is 130 Å². The van der Waals surface area contributed by atoms with E-state index < -0.39 is 10.0 Å². The van der Waals surface area contributed by atoms with Gasteiger partial charge in [0.05, 0.1) is 4.90 Å². The zero-order valence-corrected chi connectivity index (χ0v) is 13.6. The first-order chi connectivity index (χ1) is 10.5. The van der Waals surface area contributed by atoms with Crippen molar-refractivity contribution in [1.82, 2.24) is 20.2 Å². The molecule has 1 unspecified atom stereocenters. The number of nitrogens with zero attached hydrogens (tertiary/aromatic N) is 2. The molecular weight excluding hydrogens is 304 g/mol. The lowest BCUT2D eigenvalue weighted by Crippen LogP contribution is -2.24. The molecule has 1 atom stereocenters. The van der Waals surface area contributed by atoms with Crippen LogP contribution in [0.15, 0.2) is 33.7 Å². The van der Waals surface area contributed by atoms with E-state index in [1.807, 2.05) is 14.0 Å². The van der Waals surface area contributed by atoms with E-state index in [9.17, 15) is 8.42 Å². The van der Waals surface area contributed by atoms with Crippen molar-refractivity contribution in [1.29, 1.82) is 0 Å². The van der Waals surface area contributed by atoms with E-state index in [1.54, 1.807) is 19.1 Å². The van der Waals surface area contributed by atoms with E-state index in [0.717, 1.165) is 0 Å². The van der Waals surface area contributed by atoms with Gasteiger partial charge in [0.1, 0.15) is 0 Å². The van der Waals surface area contributed by atoms with Crippen molar-refractivity contribution >= 4 is 10.0 Å². The topological polar surface area (TPSA) is 97.1 Å². The molecule has 7 nitrogen and oxygen atoms in total. The van der Waals surface area contributed by atoms with Crippen LogP contribution in [0.5, 0.6) is 0 Å². The van der Waals surface area contributed by atoms with Crippen LogP contribution in [0.1, 0.15) is 19.7 Å². The summed E-state index contributed by atoms with van der Waals surface area (Å²) in [4.78, 5) is 4.52. The second-order valence-corrected chi connectivity index (χ2v) is 6.70. The third-order valence-corrected chi connectivity index (χ3v) is 4.76. The Bertz CT molecular complexity index is 710. The first kappa shape index (κ1) is 16.6. The maximum Gasteiger partial charge on any atom is 0.257 e. The number of hydrogen-bond donors (Lipinski definition) is 2. The largest absolute Gasteiger partial charge is 0.334 e. The molecule has 0 saturated carbocycles. The molecule has 1 aromatic carbocycles. The van der Waals surface area contributed by atoms with Crippen molar-refractivity contribution < 1.29 is 12.9 Å². The number of sulfonamides is 1. The highest BCUT2D eigenvalue weighted by atomic mass is 32.2. The van der Waals surface area contributed by atoms with E-state index in [4.69, 9.17) is 4.52 Å². The number of benzene rings is 1. The molecule has 0 saturated heterocycles. The van der Waals surface area contributed by atoms with Gasteiger partial charge in [0.15, 0.2) is 5.82 Å². The summed E-state index contributed by atoms with van der Waals surface area (Å²) >= 11 is 0. The Morgan fingerprint density at radius 2 is 1.95 bits per heavy atom. The predicted octanol–water partition coefficient (Wildman–Crippen LogP) is 1.19. The Morgan fingerprint density at radius 1 is 1.27 bits per heavy atom. The molecule has 2 aromatic rings. The summed E-state index contributed by atoms with van der Waals surface area (Å²) in [6.07, 6.45) is 0.660. The Balaban J connectivity index is 2.17. The summed E-state index contributed by atoms with van der Waals surface area (Å²) in [6, 6.07) is 6.60. The van der Waals surface area contributed by atoms with Crippen molar-refractivity contribution in [2.75, 3.05) is 13.6 Å². The molecule has 2 N–H and O–H groups in total. The third-order valence-electron chi connectivity index (χ3n) is 3.20. The summed E-state index contributed by atoms with van der Waals surface area (Å²) < 4.78 is 31.4. The first-order valence-corrected chi connectivity index (χ1v) is 8.54. The molecule has 0 bridgehead atoms. The highest BCUT2D eigenvalue weighted by Gasteiger charge is 2.15. The van der Waals surface area contributed by atoms with Gasteiger partial charge in [-0.05, 0) is 38.2 Å². The molecule has 0 amide bonds. The van der Waals surface area contributed by atoms with Crippen LogP contribution in [0.25, 0.3) is 11.5 Å². The van der Waals surface area contributed by atoms with Crippen molar-refractivity contribution in [3.8, 4) is 11.5 Å². The van der Waals surface area contributed by atoms with Gasteiger partial charge in [-0.25, -0.2) is 13.1 Å². The van der Waals surface area contributed by atoms with Crippen LogP contribution in [-0.2, 0) is 16.4 Å². The summed E-state index contributed by atoms with van der Waals surface area (Å²) in [5, 5.41) is 7.03. The van der Waals surface area contributed by atoms with Gasteiger partial charge < -0.3 is 9.84 Å². The molecule has 0 aliphatic heterocycles. The Hall–Kier alpha value is -1.77. The van der Waals surface area contributed by atoms with Crippen LogP contribution in [0.2, 0.25) is 0 Å². The van der Waals surface area contributed by atoms with Crippen LogP contribution in [0, 0.1) is 0 Å². The van der Waals surface area contributed by atoms with Crippen LogP contribution in [0.4, 0.5) is 0 Å². The van der Waals surface area contributed by atoms with Gasteiger partial charge in [-0.2, -0.15) is 4.98 Å². The normalized spacial score (nSPS) is 13.2. The number of aromatic nitrogens is 2. The molecule has 0 fully saturated rings. The second-order valence-electron chi connectivity index (χ2n) is 4.94. The molecular formula is C14H20N4O3S. The molecule has 1 heterocycles. The average molecular weight is 324 g/mol. The fraction of sp³-hybridized carbons (Fsp3) is 0.429. The average Bonchev–Trinajstić information content (AvgIpc) is 2.95. The van der Waals surface area contributed by atoms with E-state index in [1.165, 1.54) is 12.1 Å². The Kier molecular flexibility index (Phi) is 5.28. The minimum atomic E-state index is -3.45. The molecule has 2 rings (SSSR count). The third kappa shape index (κ3) is 3.90. The number of hydrogen-bond acceptors (Lipinski definition) is 6. The van der Waals surface area contributed by atoms with Crippen molar-refractivity contribution in [3.63, 3.8) is 0 Å². The number of rotatable bonds is 7. The van der Waals surface area contributed by atoms with Crippen LogP contribution in [0.3, 0.4) is 0 Å². The number of nitrogens with one attached hydrogen (secondary N) is 2. The van der Waals surface area contributed by atoms with E-state index in [-0.39, 0.29) is 10.9 Å². The maximum absolute atomic E-state index is 11.9. The summed E-state index contributed by atoms with van der Waals surface area (Å²) in [5.74, 6) is 0.992. The molecule has 0 aliphatic rings. The van der Waals surface area contributed by atoms with Crippen LogP contribution >= 0.6 is 0 Å². The predicted molar refractivity (Wildman–Crippen MR) is 82.8 cm³/mol. The van der Waals surface area contributed by atoms with Gasteiger partial charge >= 0.3 is 0 Å². The lowest BCUT2D eigenvalue weighted by atomic mass is 10.2. The van der Waals surface area contributed by atoms with Gasteiger partial charge in [0.25, 0.3) is 5.89 Å². The minimum absolute atomic E-state index is 0.210. The van der Waals surface area contributed by atoms with Gasteiger partial charge in [-0.1, -0.05) is 12.1 Å². The highest BCUT2D eigenvalue weighted by molar-refractivity contribution is 7.89. The molecule has 8 heteroatoms. The smallest absolute Gasteiger partial charge is 0.257 e. The lowest BCUT2D eigenvalue weighted by Gasteiger charge is -2.05. The standard InChI is InChI=1S/C14H20N4O3S/c1-4-16-22(19,20)12-7-5-11(6-8-12)14-17-13(18-21-14)9-10(2)15-3/h5-8,10,15-16H,4,9H2,1-3H3. The second kappa shape index (κ2) is 6.99. The zero-order chi connectivity index (χ0) is 16.2. The molecule has 1 aromatic heterocycles. The minimum Gasteiger partial charge on any atom is -0.334 e. The SMILES string of the molecule is CCNS(=O)(=O)c1ccc(-c2nc(CC(C)NC)no2)cc1. The lowest BCUT2D eigenvalue weighted by molar-refractivity contribution is 0.418. The molecule has 0 spiro atoms. The molecule has 22 heavy (non-hydrogen) atoms. The summed E-state index contributed by atoms with van der Waals surface area (Å²) in [7, 11) is -1.58. The van der Waals surface area contributed by atoms with E-state index >= 15 is 0 Å². The van der Waals surface area contributed by atoms with Gasteiger partial charge in [-0.3, -0.25) is 0 Å². The fourth-order valence-corrected chi connectivity index (χ4v) is 2.92. The van der Waals surface area contributed by atoms with Gasteiger partial charge in [-0.15, -0.1) is 0 Å². The monoisotopic (exact) mass is 324 g/mol. The van der Waals surface area contributed by atoms with Crippen molar-refractivity contribution in [2.45, 2.75) is 31.2 Å². The molecule has 0 radical (unpaired) electrons. The zero-order valence-electron chi connectivity index (χ0n) is 12.8. The first-order valence-electron chi connectivity index (χ1n) is 7.06.